The van der Waals surface area contributed by atoms with Gasteiger partial charge < -0.3 is 5.32 Å². The lowest BCUT2D eigenvalue weighted by atomic mass is 10.3. The summed E-state index contributed by atoms with van der Waals surface area (Å²) in [5, 5.41) is 7.86. The van der Waals surface area contributed by atoms with Crippen LogP contribution in [0.2, 0.25) is 10.0 Å². The number of benzene rings is 2. The topological polar surface area (TPSA) is 46.9 Å². The number of hydrogen-bond donors (Lipinski definition) is 1. The summed E-state index contributed by atoms with van der Waals surface area (Å²) in [5.41, 5.74) is 1.67. The quantitative estimate of drug-likeness (QED) is 0.771. The highest BCUT2D eigenvalue weighted by Crippen LogP contribution is 2.25. The molecule has 1 amide bonds. The first-order valence-corrected chi connectivity index (χ1v) is 7.26. The van der Waals surface area contributed by atoms with Crippen LogP contribution < -0.4 is 5.32 Å². The van der Waals surface area contributed by atoms with E-state index in [0.29, 0.717) is 21.4 Å². The van der Waals surface area contributed by atoms with Crippen LogP contribution in [0.15, 0.2) is 60.8 Å². The van der Waals surface area contributed by atoms with Crippen LogP contribution in [0.1, 0.15) is 10.5 Å². The van der Waals surface area contributed by atoms with Crippen LogP contribution in [0.3, 0.4) is 0 Å². The smallest absolute Gasteiger partial charge is 0.276 e. The van der Waals surface area contributed by atoms with Crippen LogP contribution >= 0.6 is 23.2 Å². The van der Waals surface area contributed by atoms with E-state index in [9.17, 15) is 4.79 Å². The van der Waals surface area contributed by atoms with Crippen molar-refractivity contribution in [2.45, 2.75) is 0 Å². The maximum absolute atomic E-state index is 12.2. The number of rotatable bonds is 3. The van der Waals surface area contributed by atoms with Crippen molar-refractivity contribution in [3.63, 3.8) is 0 Å². The summed E-state index contributed by atoms with van der Waals surface area (Å²) in [6, 6.07) is 16.1. The molecule has 1 N–H and O–H groups in total. The molecule has 0 radical (unpaired) electrons. The van der Waals surface area contributed by atoms with Crippen molar-refractivity contribution < 1.29 is 4.79 Å². The predicted molar refractivity (Wildman–Crippen MR) is 88.0 cm³/mol. The maximum Gasteiger partial charge on any atom is 0.276 e. The van der Waals surface area contributed by atoms with Gasteiger partial charge >= 0.3 is 0 Å². The minimum absolute atomic E-state index is 0.301. The highest BCUT2D eigenvalue weighted by molar-refractivity contribution is 6.36. The number of aromatic nitrogens is 2. The van der Waals surface area contributed by atoms with Crippen molar-refractivity contribution in [1.82, 2.24) is 9.78 Å². The standard InChI is InChI=1S/C16H11Cl2N3O/c17-11-6-7-14(13(18)10-11)19-16(22)15-8-9-21(20-15)12-4-2-1-3-5-12/h1-10H,(H,19,22). The summed E-state index contributed by atoms with van der Waals surface area (Å²) in [7, 11) is 0. The third-order valence-electron chi connectivity index (χ3n) is 3.02. The second-order valence-electron chi connectivity index (χ2n) is 4.56. The summed E-state index contributed by atoms with van der Waals surface area (Å²) >= 11 is 11.9. The summed E-state index contributed by atoms with van der Waals surface area (Å²) in [6.07, 6.45) is 1.73. The zero-order valence-electron chi connectivity index (χ0n) is 11.3. The number of halogens is 2. The molecule has 4 nitrogen and oxygen atoms in total. The average molecular weight is 332 g/mol. The third kappa shape index (κ3) is 3.13. The molecular formula is C16H11Cl2N3O. The molecule has 0 saturated heterocycles. The van der Waals surface area contributed by atoms with Crippen LogP contribution in [0.5, 0.6) is 0 Å². The van der Waals surface area contributed by atoms with E-state index in [1.54, 1.807) is 35.1 Å². The molecule has 3 aromatic rings. The number of nitrogens with one attached hydrogen (secondary N) is 1. The van der Waals surface area contributed by atoms with E-state index in [-0.39, 0.29) is 5.91 Å². The largest absolute Gasteiger partial charge is 0.319 e. The first kappa shape index (κ1) is 14.6. The lowest BCUT2D eigenvalue weighted by Crippen LogP contribution is -2.13. The van der Waals surface area contributed by atoms with Crippen LogP contribution in [0, 0.1) is 0 Å². The molecule has 0 saturated carbocycles. The minimum Gasteiger partial charge on any atom is -0.319 e. The van der Waals surface area contributed by atoms with Crippen molar-refractivity contribution in [1.29, 1.82) is 0 Å². The minimum atomic E-state index is -0.334. The first-order chi connectivity index (χ1) is 10.6. The van der Waals surface area contributed by atoms with Gasteiger partial charge in [0.2, 0.25) is 0 Å². The molecule has 0 aliphatic heterocycles. The first-order valence-electron chi connectivity index (χ1n) is 6.51. The molecular weight excluding hydrogens is 321 g/mol. The van der Waals surface area contributed by atoms with Gasteiger partial charge in [0, 0.05) is 11.2 Å². The van der Waals surface area contributed by atoms with Gasteiger partial charge in [-0.3, -0.25) is 4.79 Å². The van der Waals surface area contributed by atoms with Gasteiger partial charge in [-0.1, -0.05) is 41.4 Å². The van der Waals surface area contributed by atoms with E-state index in [1.165, 1.54) is 0 Å². The Balaban J connectivity index is 1.80. The van der Waals surface area contributed by atoms with E-state index in [2.05, 4.69) is 10.4 Å². The van der Waals surface area contributed by atoms with Crippen molar-refractivity contribution >= 4 is 34.8 Å². The second kappa shape index (κ2) is 6.22. The normalized spacial score (nSPS) is 10.5. The predicted octanol–water partition coefficient (Wildman–Crippen LogP) is 4.43. The molecule has 1 aromatic heterocycles. The summed E-state index contributed by atoms with van der Waals surface area (Å²) in [6.45, 7) is 0. The van der Waals surface area contributed by atoms with E-state index in [0.717, 1.165) is 5.69 Å². The Kier molecular flexibility index (Phi) is 4.13. The zero-order chi connectivity index (χ0) is 15.5. The molecule has 2 aromatic carbocycles. The number of amides is 1. The number of nitrogens with zero attached hydrogens (tertiary/aromatic N) is 2. The summed E-state index contributed by atoms with van der Waals surface area (Å²) in [4.78, 5) is 12.2. The summed E-state index contributed by atoms with van der Waals surface area (Å²) < 4.78 is 1.64. The number of para-hydroxylation sites is 1. The van der Waals surface area contributed by atoms with Crippen LogP contribution in [0.4, 0.5) is 5.69 Å². The fraction of sp³-hybridized carbons (Fsp3) is 0. The van der Waals surface area contributed by atoms with Gasteiger partial charge in [-0.2, -0.15) is 5.10 Å². The number of hydrogen-bond acceptors (Lipinski definition) is 2. The molecule has 0 aliphatic carbocycles. The highest BCUT2D eigenvalue weighted by Gasteiger charge is 2.12. The lowest BCUT2D eigenvalue weighted by molar-refractivity contribution is 0.102. The van der Waals surface area contributed by atoms with Crippen LogP contribution in [0.25, 0.3) is 5.69 Å². The van der Waals surface area contributed by atoms with Crippen molar-refractivity contribution in [2.75, 3.05) is 5.32 Å². The molecule has 0 spiro atoms. The van der Waals surface area contributed by atoms with Crippen LogP contribution in [-0.4, -0.2) is 15.7 Å². The van der Waals surface area contributed by atoms with Crippen molar-refractivity contribution in [3.8, 4) is 5.69 Å². The molecule has 0 aliphatic rings. The van der Waals surface area contributed by atoms with Crippen molar-refractivity contribution in [2.24, 2.45) is 0 Å². The molecule has 1 heterocycles. The Morgan fingerprint density at radius 1 is 1.05 bits per heavy atom. The Hall–Kier alpha value is -2.30. The van der Waals surface area contributed by atoms with Gasteiger partial charge in [0.05, 0.1) is 16.4 Å². The Bertz CT molecular complexity index is 815. The Labute approximate surface area is 137 Å². The zero-order valence-corrected chi connectivity index (χ0v) is 12.8. The molecule has 22 heavy (non-hydrogen) atoms. The fourth-order valence-electron chi connectivity index (χ4n) is 1.95. The molecule has 6 heteroatoms. The van der Waals surface area contributed by atoms with Crippen molar-refractivity contribution in [3.05, 3.63) is 76.5 Å². The Morgan fingerprint density at radius 2 is 1.82 bits per heavy atom. The molecule has 0 unspecified atom stereocenters. The second-order valence-corrected chi connectivity index (χ2v) is 5.40. The van der Waals surface area contributed by atoms with E-state index in [1.807, 2.05) is 30.3 Å². The van der Waals surface area contributed by atoms with Gasteiger partial charge in [0.1, 0.15) is 0 Å². The van der Waals surface area contributed by atoms with Gasteiger partial charge in [-0.05, 0) is 36.4 Å². The summed E-state index contributed by atoms with van der Waals surface area (Å²) in [5.74, 6) is -0.334. The lowest BCUT2D eigenvalue weighted by Gasteiger charge is -2.06. The van der Waals surface area contributed by atoms with E-state index in [4.69, 9.17) is 23.2 Å². The molecule has 110 valence electrons. The fourth-order valence-corrected chi connectivity index (χ4v) is 2.40. The van der Waals surface area contributed by atoms with E-state index < -0.39 is 0 Å². The average Bonchev–Trinajstić information content (AvgIpc) is 3.01. The molecule has 0 atom stereocenters. The maximum atomic E-state index is 12.2. The number of carbonyl (C=O) groups excluding carboxylic acids is 1. The monoisotopic (exact) mass is 331 g/mol. The molecule has 3 rings (SSSR count). The van der Waals surface area contributed by atoms with Gasteiger partial charge in [-0.25, -0.2) is 4.68 Å². The number of carbonyl (C=O) groups is 1. The van der Waals surface area contributed by atoms with E-state index >= 15 is 0 Å². The third-order valence-corrected chi connectivity index (χ3v) is 3.57. The number of anilines is 1. The Morgan fingerprint density at radius 3 is 2.55 bits per heavy atom. The molecule has 0 fully saturated rings. The highest BCUT2D eigenvalue weighted by atomic mass is 35.5. The molecule has 0 bridgehead atoms. The van der Waals surface area contributed by atoms with Gasteiger partial charge in [0.25, 0.3) is 5.91 Å². The SMILES string of the molecule is O=C(Nc1ccc(Cl)cc1Cl)c1ccn(-c2ccccc2)n1. The van der Waals surface area contributed by atoms with Crippen LogP contribution in [-0.2, 0) is 0 Å². The van der Waals surface area contributed by atoms with Gasteiger partial charge in [0.15, 0.2) is 5.69 Å². The van der Waals surface area contributed by atoms with Gasteiger partial charge in [-0.15, -0.1) is 0 Å².